The first-order valence-electron chi connectivity index (χ1n) is 13.5. The predicted molar refractivity (Wildman–Crippen MR) is 151 cm³/mol. The van der Waals surface area contributed by atoms with Crippen molar-refractivity contribution in [2.45, 2.75) is 114 Å². The van der Waals surface area contributed by atoms with Crippen molar-refractivity contribution in [3.63, 3.8) is 0 Å². The number of halogens is 3. The standard InChI is InChI=1S/C28H42F3N3O4S2/c1-19-25(39(32,35)36)16-23(33(19)17-20-11-9-8-10-12-20)21-13-14-24(22(15-21)26(2,3)4)40(37,38)34(27(5,6)7)18-28(29,30)31/h13-16,20H,8-12,17-18H2,1-7H3,(H2,32,35,36). The third-order valence-electron chi connectivity index (χ3n) is 7.51. The maximum atomic E-state index is 13.8. The molecular formula is C28H42F3N3O4S2. The Kier molecular flexibility index (Phi) is 9.03. The summed E-state index contributed by atoms with van der Waals surface area (Å²) in [6.45, 7) is 10.3. The lowest BCUT2D eigenvalue weighted by Crippen LogP contribution is -2.50. The van der Waals surface area contributed by atoms with E-state index in [1.165, 1.54) is 45.4 Å². The Morgan fingerprint density at radius 2 is 1.50 bits per heavy atom. The average molecular weight is 606 g/mol. The van der Waals surface area contributed by atoms with E-state index in [1.54, 1.807) is 33.8 Å². The summed E-state index contributed by atoms with van der Waals surface area (Å²) in [7, 11) is -8.60. The minimum Gasteiger partial charge on any atom is -0.343 e. The fraction of sp³-hybridized carbons (Fsp3) is 0.643. The fourth-order valence-corrected chi connectivity index (χ4v) is 8.43. The van der Waals surface area contributed by atoms with Gasteiger partial charge in [-0.1, -0.05) is 46.1 Å². The van der Waals surface area contributed by atoms with Gasteiger partial charge in [0.05, 0.1) is 4.90 Å². The van der Waals surface area contributed by atoms with E-state index in [1.807, 2.05) is 4.57 Å². The summed E-state index contributed by atoms with van der Waals surface area (Å²) in [4.78, 5) is -0.215. The second-order valence-electron chi connectivity index (χ2n) is 12.9. The number of primary sulfonamides is 1. The number of sulfonamides is 2. The molecule has 1 aliphatic rings. The van der Waals surface area contributed by atoms with Crippen LogP contribution < -0.4 is 5.14 Å². The molecule has 2 aromatic rings. The summed E-state index contributed by atoms with van der Waals surface area (Å²) < 4.78 is 95.4. The minimum atomic E-state index is -4.73. The maximum absolute atomic E-state index is 13.8. The van der Waals surface area contributed by atoms with Gasteiger partial charge in [0.1, 0.15) is 11.4 Å². The molecule has 3 rings (SSSR count). The van der Waals surface area contributed by atoms with Crippen molar-refractivity contribution in [2.24, 2.45) is 11.1 Å². The maximum Gasteiger partial charge on any atom is 0.402 e. The van der Waals surface area contributed by atoms with Gasteiger partial charge in [0.25, 0.3) is 0 Å². The number of rotatable bonds is 7. The third-order valence-corrected chi connectivity index (χ3v) is 10.7. The van der Waals surface area contributed by atoms with Gasteiger partial charge in [-0.3, -0.25) is 0 Å². The third kappa shape index (κ3) is 7.30. The van der Waals surface area contributed by atoms with Crippen LogP contribution in [-0.4, -0.2) is 44.0 Å². The largest absolute Gasteiger partial charge is 0.402 e. The van der Waals surface area contributed by atoms with Gasteiger partial charge in [0.15, 0.2) is 0 Å². The number of aromatic nitrogens is 1. The van der Waals surface area contributed by atoms with E-state index in [4.69, 9.17) is 5.14 Å². The molecule has 1 fully saturated rings. The van der Waals surface area contributed by atoms with Gasteiger partial charge in [-0.2, -0.15) is 17.5 Å². The highest BCUT2D eigenvalue weighted by molar-refractivity contribution is 7.89. The monoisotopic (exact) mass is 605 g/mol. The van der Waals surface area contributed by atoms with E-state index < -0.39 is 43.7 Å². The lowest BCUT2D eigenvalue weighted by Gasteiger charge is -2.36. The Morgan fingerprint density at radius 3 is 1.98 bits per heavy atom. The van der Waals surface area contributed by atoms with Crippen LogP contribution in [0.25, 0.3) is 11.3 Å². The number of nitrogens with zero attached hydrogens (tertiary/aromatic N) is 2. The van der Waals surface area contributed by atoms with Gasteiger partial charge in [-0.15, -0.1) is 0 Å². The van der Waals surface area contributed by atoms with E-state index >= 15 is 0 Å². The molecule has 1 aromatic heterocycles. The number of hydrogen-bond acceptors (Lipinski definition) is 4. The molecule has 0 atom stereocenters. The molecule has 0 amide bonds. The molecule has 0 radical (unpaired) electrons. The van der Waals surface area contributed by atoms with Crippen LogP contribution in [0.3, 0.4) is 0 Å². The van der Waals surface area contributed by atoms with Crippen LogP contribution in [0.15, 0.2) is 34.1 Å². The van der Waals surface area contributed by atoms with Crippen molar-refractivity contribution in [1.82, 2.24) is 8.87 Å². The van der Waals surface area contributed by atoms with Gasteiger partial charge >= 0.3 is 6.18 Å². The Bertz CT molecular complexity index is 1440. The molecule has 1 heterocycles. The fourth-order valence-electron chi connectivity index (χ4n) is 5.48. The quantitative estimate of drug-likeness (QED) is 0.398. The van der Waals surface area contributed by atoms with Gasteiger partial charge in [0, 0.05) is 23.5 Å². The SMILES string of the molecule is Cc1c(S(N)(=O)=O)cc(-c2ccc(S(=O)(=O)N(CC(F)(F)F)C(C)(C)C)c(C(C)(C)C)c2)n1CC1CCCCC1. The number of hydrogen-bond donors (Lipinski definition) is 1. The first-order chi connectivity index (χ1) is 18.0. The van der Waals surface area contributed by atoms with Gasteiger partial charge in [0.2, 0.25) is 20.0 Å². The van der Waals surface area contributed by atoms with Crippen LogP contribution in [0, 0.1) is 12.8 Å². The van der Waals surface area contributed by atoms with Crippen molar-refractivity contribution in [3.05, 3.63) is 35.5 Å². The Morgan fingerprint density at radius 1 is 0.925 bits per heavy atom. The highest BCUT2D eigenvalue weighted by Crippen LogP contribution is 2.39. The lowest BCUT2D eigenvalue weighted by atomic mass is 9.85. The zero-order chi connectivity index (χ0) is 30.5. The molecule has 0 spiro atoms. The minimum absolute atomic E-state index is 0.00333. The summed E-state index contributed by atoms with van der Waals surface area (Å²) in [6.07, 6.45) is 0.684. The number of benzene rings is 1. The van der Waals surface area contributed by atoms with E-state index in [2.05, 4.69) is 0 Å². The first-order valence-corrected chi connectivity index (χ1v) is 16.5. The summed E-state index contributed by atoms with van der Waals surface area (Å²) in [6, 6.07) is 6.04. The van der Waals surface area contributed by atoms with Crippen LogP contribution in [-0.2, 0) is 32.0 Å². The van der Waals surface area contributed by atoms with Crippen molar-refractivity contribution >= 4 is 20.0 Å². The molecule has 226 valence electrons. The highest BCUT2D eigenvalue weighted by Gasteiger charge is 2.44. The molecule has 1 saturated carbocycles. The molecule has 0 saturated heterocycles. The number of nitrogens with two attached hydrogens (primary N) is 1. The molecule has 0 aliphatic heterocycles. The van der Waals surface area contributed by atoms with Crippen LogP contribution in [0.1, 0.15) is 84.9 Å². The first kappa shape index (κ1) is 32.6. The van der Waals surface area contributed by atoms with E-state index in [-0.39, 0.29) is 9.79 Å². The second-order valence-corrected chi connectivity index (χ2v) is 16.3. The van der Waals surface area contributed by atoms with E-state index in [9.17, 15) is 30.0 Å². The average Bonchev–Trinajstić information content (AvgIpc) is 3.12. The van der Waals surface area contributed by atoms with Crippen LogP contribution in [0.2, 0.25) is 0 Å². The predicted octanol–water partition coefficient (Wildman–Crippen LogP) is 6.34. The topological polar surface area (TPSA) is 102 Å². The van der Waals surface area contributed by atoms with Crippen molar-refractivity contribution < 1.29 is 30.0 Å². The zero-order valence-corrected chi connectivity index (χ0v) is 26.0. The molecule has 1 aliphatic carbocycles. The molecule has 12 heteroatoms. The Labute approximate surface area is 237 Å². The normalized spacial score (nSPS) is 16.6. The smallest absolute Gasteiger partial charge is 0.343 e. The van der Waals surface area contributed by atoms with Crippen molar-refractivity contribution in [2.75, 3.05) is 6.54 Å². The van der Waals surface area contributed by atoms with Gasteiger partial charge in [-0.05, 0) is 81.2 Å². The summed E-state index contributed by atoms with van der Waals surface area (Å²) in [5.41, 5.74) is -0.125. The molecule has 7 nitrogen and oxygen atoms in total. The zero-order valence-electron chi connectivity index (χ0n) is 24.4. The van der Waals surface area contributed by atoms with Crippen LogP contribution >= 0.6 is 0 Å². The van der Waals surface area contributed by atoms with Crippen LogP contribution in [0.4, 0.5) is 13.2 Å². The summed E-state index contributed by atoms with van der Waals surface area (Å²) in [5.74, 6) is 0.358. The molecular weight excluding hydrogens is 563 g/mol. The van der Waals surface area contributed by atoms with Crippen molar-refractivity contribution in [3.8, 4) is 11.3 Å². The summed E-state index contributed by atoms with van der Waals surface area (Å²) >= 11 is 0. The van der Waals surface area contributed by atoms with Gasteiger partial charge < -0.3 is 4.57 Å². The molecule has 0 bridgehead atoms. The van der Waals surface area contributed by atoms with Gasteiger partial charge in [-0.25, -0.2) is 22.0 Å². The number of alkyl halides is 3. The molecule has 40 heavy (non-hydrogen) atoms. The van der Waals surface area contributed by atoms with Crippen molar-refractivity contribution in [1.29, 1.82) is 0 Å². The van der Waals surface area contributed by atoms with E-state index in [0.29, 0.717) is 39.3 Å². The molecule has 1 aromatic carbocycles. The second kappa shape index (κ2) is 11.1. The Hall–Kier alpha value is -1.89. The van der Waals surface area contributed by atoms with E-state index in [0.717, 1.165) is 25.7 Å². The molecule has 0 unspecified atom stereocenters. The van der Waals surface area contributed by atoms with Crippen LogP contribution in [0.5, 0.6) is 0 Å². The summed E-state index contributed by atoms with van der Waals surface area (Å²) in [5, 5.41) is 5.54. The highest BCUT2D eigenvalue weighted by atomic mass is 32.2. The Balaban J connectivity index is 2.25. The molecule has 2 N–H and O–H groups in total. The lowest BCUT2D eigenvalue weighted by molar-refractivity contribution is -0.142.